The van der Waals surface area contributed by atoms with E-state index in [0.29, 0.717) is 12.8 Å². The lowest BCUT2D eigenvalue weighted by atomic mass is 9.89. The van der Waals surface area contributed by atoms with E-state index in [2.05, 4.69) is 10.3 Å². The Bertz CT molecular complexity index is 1370. The molecule has 12 nitrogen and oxygen atoms in total. The van der Waals surface area contributed by atoms with Crippen molar-refractivity contribution in [1.29, 1.82) is 0 Å². The number of carbonyl (C=O) groups excluding carboxylic acids is 5. The second-order valence-corrected chi connectivity index (χ2v) is 11.6. The van der Waals surface area contributed by atoms with Gasteiger partial charge in [0, 0.05) is 12.3 Å². The van der Waals surface area contributed by atoms with Crippen LogP contribution < -0.4 is 14.8 Å². The highest BCUT2D eigenvalue weighted by atomic mass is 16.6. The number of ether oxygens (including phenoxy) is 5. The van der Waals surface area contributed by atoms with Crippen LogP contribution in [0.5, 0.6) is 11.5 Å². The molecule has 1 aliphatic carbocycles. The van der Waals surface area contributed by atoms with E-state index < -0.39 is 66.5 Å². The number of esters is 4. The van der Waals surface area contributed by atoms with Gasteiger partial charge < -0.3 is 29.0 Å². The molecule has 2 aliphatic rings. The first kappa shape index (κ1) is 33.4. The molecule has 4 rings (SSSR count). The van der Waals surface area contributed by atoms with E-state index in [4.69, 9.17) is 23.7 Å². The highest BCUT2D eigenvalue weighted by Crippen LogP contribution is 2.33. The van der Waals surface area contributed by atoms with E-state index >= 15 is 0 Å². The first-order valence-corrected chi connectivity index (χ1v) is 15.3. The van der Waals surface area contributed by atoms with Crippen LogP contribution in [0.25, 0.3) is 0 Å². The number of hydrogen-bond donors (Lipinski definition) is 1. The molecule has 45 heavy (non-hydrogen) atoms. The van der Waals surface area contributed by atoms with Gasteiger partial charge in [-0.1, -0.05) is 63.4 Å². The fourth-order valence-corrected chi connectivity index (χ4v) is 5.35. The highest BCUT2D eigenvalue weighted by molar-refractivity contribution is 5.99. The minimum Gasteiger partial charge on any atom is -0.493 e. The molecule has 0 unspecified atom stereocenters. The molecular formula is C33H40N2O10. The lowest BCUT2D eigenvalue weighted by Crippen LogP contribution is -2.47. The van der Waals surface area contributed by atoms with Crippen LogP contribution in [0, 0.1) is 17.8 Å². The molecule has 1 saturated carbocycles. The van der Waals surface area contributed by atoms with Gasteiger partial charge in [0.1, 0.15) is 18.6 Å². The van der Waals surface area contributed by atoms with Crippen molar-refractivity contribution >= 4 is 29.8 Å². The number of nitrogens with zero attached hydrogens (tertiary/aromatic N) is 1. The van der Waals surface area contributed by atoms with Crippen LogP contribution in [0.1, 0.15) is 68.9 Å². The van der Waals surface area contributed by atoms with Crippen LogP contribution in [0.2, 0.25) is 0 Å². The number of hydrogen-bond acceptors (Lipinski definition) is 11. The molecule has 1 aromatic carbocycles. The Balaban J connectivity index is 1.57. The van der Waals surface area contributed by atoms with Gasteiger partial charge in [-0.3, -0.25) is 19.2 Å². The van der Waals surface area contributed by atoms with Crippen LogP contribution in [-0.2, 0) is 39.8 Å². The second-order valence-electron chi connectivity index (χ2n) is 11.6. The number of pyridine rings is 1. The minimum atomic E-state index is -1.45. The Labute approximate surface area is 262 Å². The first-order chi connectivity index (χ1) is 21.6. The number of benzene rings is 1. The van der Waals surface area contributed by atoms with Gasteiger partial charge in [0.15, 0.2) is 23.6 Å². The molecule has 4 atom stereocenters. The van der Waals surface area contributed by atoms with Crippen LogP contribution in [0.3, 0.4) is 0 Å². The predicted octanol–water partition coefficient (Wildman–Crippen LogP) is 3.59. The van der Waals surface area contributed by atoms with Gasteiger partial charge in [-0.05, 0) is 31.7 Å². The zero-order chi connectivity index (χ0) is 32.5. The third-order valence-electron chi connectivity index (χ3n) is 7.91. The van der Waals surface area contributed by atoms with Crippen LogP contribution in [0.15, 0.2) is 42.6 Å². The van der Waals surface area contributed by atoms with E-state index in [9.17, 15) is 24.0 Å². The molecule has 1 amide bonds. The Morgan fingerprint density at radius 2 is 1.73 bits per heavy atom. The lowest BCUT2D eigenvalue weighted by molar-refractivity contribution is -0.176. The predicted molar refractivity (Wildman–Crippen MR) is 159 cm³/mol. The minimum absolute atomic E-state index is 0.106. The van der Waals surface area contributed by atoms with Gasteiger partial charge in [0.05, 0.1) is 18.9 Å². The molecule has 12 heteroatoms. The number of aromatic nitrogens is 1. The van der Waals surface area contributed by atoms with Gasteiger partial charge >= 0.3 is 23.9 Å². The molecular weight excluding hydrogens is 584 g/mol. The summed E-state index contributed by atoms with van der Waals surface area (Å²) in [5, 5.41) is 2.50. The maximum absolute atomic E-state index is 13.5. The van der Waals surface area contributed by atoms with E-state index in [-0.39, 0.29) is 29.5 Å². The molecule has 1 N–H and O–H groups in total. The van der Waals surface area contributed by atoms with Crippen LogP contribution in [-0.4, -0.2) is 66.7 Å². The Hall–Kier alpha value is -4.48. The monoisotopic (exact) mass is 624 g/mol. The second kappa shape index (κ2) is 15.5. The Morgan fingerprint density at radius 1 is 1.02 bits per heavy atom. The molecule has 242 valence electrons. The fraction of sp³-hybridized carbons (Fsp3) is 0.515. The van der Waals surface area contributed by atoms with Crippen molar-refractivity contribution in [2.75, 3.05) is 13.7 Å². The fourth-order valence-electron chi connectivity index (χ4n) is 5.35. The van der Waals surface area contributed by atoms with Gasteiger partial charge in [-0.25, -0.2) is 9.78 Å². The molecule has 2 aromatic rings. The van der Waals surface area contributed by atoms with Crippen molar-refractivity contribution in [2.45, 2.75) is 77.5 Å². The third kappa shape index (κ3) is 8.58. The summed E-state index contributed by atoms with van der Waals surface area (Å²) in [6.45, 7) is 4.25. The average molecular weight is 625 g/mol. The zero-order valence-electron chi connectivity index (χ0n) is 26.0. The van der Waals surface area contributed by atoms with Gasteiger partial charge in [0.25, 0.3) is 5.91 Å². The summed E-state index contributed by atoms with van der Waals surface area (Å²) in [5.41, 5.74) is 0.489. The molecule has 0 spiro atoms. The normalized spacial score (nSPS) is 22.6. The standard InChI is InChI=1S/C33H40N2O10/c1-19(2)30(37)44-27-20(3)43-33(40)24(18-42-32(39)23(27)17-21-11-7-5-8-12-21)35-29(36)26-28(25(41-4)15-16-34-26)45-31(38)22-13-9-6-10-14-22/h5,7-8,11-12,15-16,19-20,22-24,27H,6,9-10,13-14,17-18H2,1-4H3,(H,35,36)/t20-,23+,24-,27-/m0/s1. The van der Waals surface area contributed by atoms with E-state index in [1.54, 1.807) is 13.8 Å². The molecule has 1 aromatic heterocycles. The van der Waals surface area contributed by atoms with E-state index in [1.165, 1.54) is 26.3 Å². The van der Waals surface area contributed by atoms with E-state index in [1.807, 2.05) is 30.3 Å². The maximum atomic E-state index is 13.5. The number of carbonyl (C=O) groups is 5. The molecule has 0 bridgehead atoms. The summed E-state index contributed by atoms with van der Waals surface area (Å²) in [7, 11) is 1.36. The Morgan fingerprint density at radius 3 is 2.40 bits per heavy atom. The topological polar surface area (TPSA) is 156 Å². The van der Waals surface area contributed by atoms with Gasteiger partial charge in [-0.15, -0.1) is 0 Å². The average Bonchev–Trinajstić information content (AvgIpc) is 3.07. The number of nitrogens with one attached hydrogen (secondary N) is 1. The van der Waals surface area contributed by atoms with Crippen molar-refractivity contribution in [2.24, 2.45) is 17.8 Å². The highest BCUT2D eigenvalue weighted by Gasteiger charge is 2.42. The SMILES string of the molecule is COc1ccnc(C(=O)N[C@H]2COC(=O)[C@H](Cc3ccccc3)[C@@H](OC(=O)C(C)C)[C@H](C)OC2=O)c1OC(=O)C1CCCCC1. The largest absolute Gasteiger partial charge is 0.493 e. The number of amides is 1. The summed E-state index contributed by atoms with van der Waals surface area (Å²) >= 11 is 0. The van der Waals surface area contributed by atoms with Crippen LogP contribution >= 0.6 is 0 Å². The Kier molecular flexibility index (Phi) is 11.5. The summed E-state index contributed by atoms with van der Waals surface area (Å²) < 4.78 is 27.9. The van der Waals surface area contributed by atoms with Gasteiger partial charge in [-0.2, -0.15) is 0 Å². The molecule has 2 fully saturated rings. The number of cyclic esters (lactones) is 2. The van der Waals surface area contributed by atoms with Crippen molar-refractivity contribution in [3.63, 3.8) is 0 Å². The summed E-state index contributed by atoms with van der Waals surface area (Å²) in [5.74, 6) is -5.49. The summed E-state index contributed by atoms with van der Waals surface area (Å²) in [6.07, 6.45) is 3.44. The van der Waals surface area contributed by atoms with Crippen molar-refractivity contribution in [3.8, 4) is 11.5 Å². The first-order valence-electron chi connectivity index (χ1n) is 15.3. The zero-order valence-corrected chi connectivity index (χ0v) is 26.0. The van der Waals surface area contributed by atoms with Gasteiger partial charge in [0.2, 0.25) is 5.75 Å². The summed E-state index contributed by atoms with van der Waals surface area (Å²) in [6, 6.07) is 9.10. The molecule has 1 saturated heterocycles. The summed E-state index contributed by atoms with van der Waals surface area (Å²) in [4.78, 5) is 70.0. The maximum Gasteiger partial charge on any atom is 0.332 e. The third-order valence-corrected chi connectivity index (χ3v) is 7.91. The quantitative estimate of drug-likeness (QED) is 0.321. The molecule has 0 radical (unpaired) electrons. The van der Waals surface area contributed by atoms with E-state index in [0.717, 1.165) is 24.8 Å². The van der Waals surface area contributed by atoms with Crippen LogP contribution in [0.4, 0.5) is 0 Å². The molecule has 1 aliphatic heterocycles. The lowest BCUT2D eigenvalue weighted by Gasteiger charge is -2.29. The van der Waals surface area contributed by atoms with Crippen molar-refractivity contribution in [3.05, 3.63) is 53.9 Å². The molecule has 2 heterocycles. The number of rotatable bonds is 9. The smallest absolute Gasteiger partial charge is 0.332 e. The number of methoxy groups -OCH3 is 1. The van der Waals surface area contributed by atoms with Crippen molar-refractivity contribution in [1.82, 2.24) is 10.3 Å². The van der Waals surface area contributed by atoms with Crippen molar-refractivity contribution < 1.29 is 47.7 Å².